The molecule has 0 atom stereocenters. The monoisotopic (exact) mass is 413 g/mol. The van der Waals surface area contributed by atoms with Crippen molar-refractivity contribution in [2.75, 3.05) is 11.3 Å². The van der Waals surface area contributed by atoms with Gasteiger partial charge < -0.3 is 4.90 Å². The van der Waals surface area contributed by atoms with Gasteiger partial charge in [0.2, 0.25) is 0 Å². The van der Waals surface area contributed by atoms with Gasteiger partial charge in [-0.05, 0) is 53.8 Å². The number of hydrogen-bond acceptors (Lipinski definition) is 4. The molecule has 1 aliphatic heterocycles. The molecule has 2 aromatic rings. The van der Waals surface area contributed by atoms with Gasteiger partial charge in [0.05, 0.1) is 4.90 Å². The van der Waals surface area contributed by atoms with Crippen molar-refractivity contribution in [2.24, 2.45) is 0 Å². The maximum atomic E-state index is 12.7. The fourth-order valence-electron chi connectivity index (χ4n) is 3.00. The Morgan fingerprint density at radius 3 is 2.64 bits per heavy atom. The van der Waals surface area contributed by atoms with Gasteiger partial charge >= 0.3 is 12.1 Å². The van der Waals surface area contributed by atoms with Crippen LogP contribution in [-0.4, -0.2) is 36.9 Å². The van der Waals surface area contributed by atoms with E-state index >= 15 is 0 Å². The largest absolute Gasteiger partial charge is 0.471 e. The summed E-state index contributed by atoms with van der Waals surface area (Å²) in [7, 11) is -3.98. The highest BCUT2D eigenvalue weighted by Gasteiger charge is 2.43. The van der Waals surface area contributed by atoms with Crippen LogP contribution in [0, 0.1) is 0 Å². The van der Waals surface area contributed by atoms with Crippen molar-refractivity contribution in [3.8, 4) is 0 Å². The molecular formula is C18H18F3N3O3S. The minimum absolute atomic E-state index is 0.0661. The maximum absolute atomic E-state index is 12.7. The van der Waals surface area contributed by atoms with E-state index in [9.17, 15) is 26.4 Å². The lowest BCUT2D eigenvalue weighted by molar-refractivity contribution is -0.186. The zero-order chi connectivity index (χ0) is 20.5. The Bertz CT molecular complexity index is 1010. The van der Waals surface area contributed by atoms with Crippen LogP contribution in [0.25, 0.3) is 0 Å². The van der Waals surface area contributed by atoms with E-state index in [-0.39, 0.29) is 30.2 Å². The predicted molar refractivity (Wildman–Crippen MR) is 96.0 cm³/mol. The smallest absolute Gasteiger partial charge is 0.330 e. The van der Waals surface area contributed by atoms with Crippen LogP contribution in [0.3, 0.4) is 0 Å². The number of aromatic nitrogens is 1. The third-order valence-corrected chi connectivity index (χ3v) is 5.85. The summed E-state index contributed by atoms with van der Waals surface area (Å²) in [5, 5.41) is 0. The zero-order valence-corrected chi connectivity index (χ0v) is 15.8. The van der Waals surface area contributed by atoms with Crippen LogP contribution in [0.5, 0.6) is 0 Å². The van der Waals surface area contributed by atoms with E-state index in [1.54, 1.807) is 18.2 Å². The first-order valence-electron chi connectivity index (χ1n) is 8.56. The van der Waals surface area contributed by atoms with Crippen molar-refractivity contribution < 1.29 is 26.4 Å². The number of aryl methyl sites for hydroxylation is 1. The molecule has 0 aliphatic carbocycles. The average molecular weight is 413 g/mol. The summed E-state index contributed by atoms with van der Waals surface area (Å²) < 4.78 is 65.7. The fourth-order valence-corrected chi connectivity index (χ4v) is 4.05. The lowest BCUT2D eigenvalue weighted by atomic mass is 10.00. The summed E-state index contributed by atoms with van der Waals surface area (Å²) in [4.78, 5) is 16.0. The van der Waals surface area contributed by atoms with E-state index in [0.29, 0.717) is 16.9 Å². The number of carbonyl (C=O) groups excluding carboxylic acids is 1. The summed E-state index contributed by atoms with van der Waals surface area (Å²) in [5.74, 6) is -1.77. The fraction of sp³-hybridized carbons (Fsp3) is 0.333. The molecule has 1 amide bonds. The number of pyridine rings is 1. The molecule has 10 heteroatoms. The van der Waals surface area contributed by atoms with E-state index in [2.05, 4.69) is 9.71 Å². The van der Waals surface area contributed by atoms with Gasteiger partial charge in [0.15, 0.2) is 0 Å². The summed E-state index contributed by atoms with van der Waals surface area (Å²) in [5.41, 5.74) is 2.00. The van der Waals surface area contributed by atoms with Crippen LogP contribution < -0.4 is 4.72 Å². The molecule has 6 nitrogen and oxygen atoms in total. The summed E-state index contributed by atoms with van der Waals surface area (Å²) in [6, 6.07) is 7.64. The Kier molecular flexibility index (Phi) is 5.33. The lowest BCUT2D eigenvalue weighted by Gasteiger charge is -2.29. The van der Waals surface area contributed by atoms with Crippen LogP contribution in [-0.2, 0) is 34.2 Å². The molecule has 1 aromatic heterocycles. The quantitative estimate of drug-likeness (QED) is 0.836. The number of nitrogens with one attached hydrogen (secondary N) is 1. The second-order valence-corrected chi connectivity index (χ2v) is 8.10. The van der Waals surface area contributed by atoms with Gasteiger partial charge in [-0.25, -0.2) is 13.4 Å². The SMILES string of the molecule is CCc1ccnc(NS(=O)(=O)c2ccc3c(c2)CN(C(=O)C(F)(F)F)CC3)c1. The zero-order valence-electron chi connectivity index (χ0n) is 15.0. The molecule has 0 radical (unpaired) electrons. The van der Waals surface area contributed by atoms with Gasteiger partial charge in [-0.2, -0.15) is 13.2 Å². The molecule has 0 saturated heterocycles. The topological polar surface area (TPSA) is 79.4 Å². The first-order valence-corrected chi connectivity index (χ1v) is 10.0. The van der Waals surface area contributed by atoms with Gasteiger partial charge in [0, 0.05) is 19.3 Å². The van der Waals surface area contributed by atoms with Gasteiger partial charge in [-0.3, -0.25) is 9.52 Å². The third-order valence-electron chi connectivity index (χ3n) is 4.50. The number of fused-ring (bicyclic) bond motifs is 1. The molecular weight excluding hydrogens is 395 g/mol. The Morgan fingerprint density at radius 1 is 1.21 bits per heavy atom. The number of sulfonamides is 1. The summed E-state index contributed by atoms with van der Waals surface area (Å²) >= 11 is 0. The maximum Gasteiger partial charge on any atom is 0.471 e. The minimum atomic E-state index is -4.96. The first kappa shape index (κ1) is 20.1. The minimum Gasteiger partial charge on any atom is -0.330 e. The average Bonchev–Trinajstić information content (AvgIpc) is 2.65. The molecule has 0 spiro atoms. The summed E-state index contributed by atoms with van der Waals surface area (Å²) in [6.07, 6.45) is -2.53. The number of amides is 1. The molecule has 1 aromatic carbocycles. The van der Waals surface area contributed by atoms with Gasteiger partial charge in [0.25, 0.3) is 10.0 Å². The molecule has 0 bridgehead atoms. The molecule has 1 aliphatic rings. The van der Waals surface area contributed by atoms with E-state index in [4.69, 9.17) is 0 Å². The number of hydrogen-bond donors (Lipinski definition) is 1. The standard InChI is InChI=1S/C18H18F3N3O3S/c1-2-12-5-7-22-16(9-12)23-28(26,27)15-4-3-13-6-8-24(11-14(13)10-15)17(25)18(19,20)21/h3-5,7,9-10H,2,6,8,11H2,1H3,(H,22,23). The molecule has 2 heterocycles. The van der Waals surface area contributed by atoms with E-state index in [1.807, 2.05) is 6.92 Å². The highest BCUT2D eigenvalue weighted by atomic mass is 32.2. The Hall–Kier alpha value is -2.62. The number of anilines is 1. The normalized spacial score (nSPS) is 14.5. The molecule has 3 rings (SSSR count). The van der Waals surface area contributed by atoms with Gasteiger partial charge in [-0.1, -0.05) is 13.0 Å². The molecule has 0 unspecified atom stereocenters. The molecule has 0 fully saturated rings. The second-order valence-electron chi connectivity index (χ2n) is 6.41. The van der Waals surface area contributed by atoms with Crippen LogP contribution in [0.4, 0.5) is 19.0 Å². The first-order chi connectivity index (χ1) is 13.1. The highest BCUT2D eigenvalue weighted by Crippen LogP contribution is 2.27. The van der Waals surface area contributed by atoms with Crippen LogP contribution >= 0.6 is 0 Å². The van der Waals surface area contributed by atoms with Crippen LogP contribution in [0.2, 0.25) is 0 Å². The number of nitrogens with zero attached hydrogens (tertiary/aromatic N) is 2. The number of rotatable bonds is 4. The van der Waals surface area contributed by atoms with E-state index in [1.165, 1.54) is 18.3 Å². The molecule has 1 N–H and O–H groups in total. The van der Waals surface area contributed by atoms with Crippen molar-refractivity contribution in [1.29, 1.82) is 0 Å². The van der Waals surface area contributed by atoms with Crippen LogP contribution in [0.1, 0.15) is 23.6 Å². The van der Waals surface area contributed by atoms with Crippen molar-refractivity contribution >= 4 is 21.7 Å². The van der Waals surface area contributed by atoms with E-state index in [0.717, 1.165) is 11.1 Å². The second kappa shape index (κ2) is 7.42. The molecule has 150 valence electrons. The number of benzene rings is 1. The number of alkyl halides is 3. The Labute approximate surface area is 160 Å². The Balaban J connectivity index is 1.85. The third kappa shape index (κ3) is 4.27. The van der Waals surface area contributed by atoms with Crippen molar-refractivity contribution in [3.05, 3.63) is 53.2 Å². The highest BCUT2D eigenvalue weighted by molar-refractivity contribution is 7.92. The number of halogens is 3. The van der Waals surface area contributed by atoms with Crippen molar-refractivity contribution in [3.63, 3.8) is 0 Å². The predicted octanol–water partition coefficient (Wildman–Crippen LogP) is 2.89. The molecule has 0 saturated carbocycles. The van der Waals surface area contributed by atoms with Gasteiger partial charge in [0.1, 0.15) is 5.82 Å². The van der Waals surface area contributed by atoms with Crippen LogP contribution in [0.15, 0.2) is 41.4 Å². The van der Waals surface area contributed by atoms with Crippen molar-refractivity contribution in [1.82, 2.24) is 9.88 Å². The Morgan fingerprint density at radius 2 is 1.96 bits per heavy atom. The van der Waals surface area contributed by atoms with Gasteiger partial charge in [-0.15, -0.1) is 0 Å². The van der Waals surface area contributed by atoms with Crippen molar-refractivity contribution in [2.45, 2.75) is 37.4 Å². The van der Waals surface area contributed by atoms with E-state index < -0.39 is 22.1 Å². The lowest BCUT2D eigenvalue weighted by Crippen LogP contribution is -2.43. The molecule has 28 heavy (non-hydrogen) atoms. The summed E-state index contributed by atoms with van der Waals surface area (Å²) in [6.45, 7) is 1.56. The number of carbonyl (C=O) groups is 1.